The molecular weight excluding hydrogens is 340 g/mol. The molecule has 0 aliphatic rings. The molecule has 0 aliphatic carbocycles. The Labute approximate surface area is 150 Å². The molecule has 2 rings (SSSR count). The zero-order valence-electron chi connectivity index (χ0n) is 14.1. The zero-order valence-corrected chi connectivity index (χ0v) is 14.9. The number of nitrogens with zero attached hydrogens (tertiary/aromatic N) is 1. The second-order valence-corrected chi connectivity index (χ2v) is 5.90. The van der Waals surface area contributed by atoms with Crippen LogP contribution in [0.15, 0.2) is 47.4 Å². The Bertz CT molecular complexity index is 834. The van der Waals surface area contributed by atoms with E-state index in [0.717, 1.165) is 4.90 Å². The molecule has 7 heteroatoms. The van der Waals surface area contributed by atoms with Gasteiger partial charge in [0.15, 0.2) is 5.78 Å². The first-order valence-corrected chi connectivity index (χ1v) is 8.63. The Hall–Kier alpha value is -2.80. The van der Waals surface area contributed by atoms with E-state index in [9.17, 15) is 14.9 Å². The van der Waals surface area contributed by atoms with Crippen LogP contribution in [0.2, 0.25) is 0 Å². The highest BCUT2D eigenvalue weighted by atomic mass is 32.2. The van der Waals surface area contributed by atoms with Crippen molar-refractivity contribution in [3.63, 3.8) is 0 Å². The summed E-state index contributed by atoms with van der Waals surface area (Å²) in [6, 6.07) is 9.99. The second-order valence-electron chi connectivity index (χ2n) is 5.05. The fourth-order valence-corrected chi connectivity index (χ4v) is 2.82. The van der Waals surface area contributed by atoms with E-state index in [2.05, 4.69) is 5.32 Å². The lowest BCUT2D eigenvalue weighted by Crippen LogP contribution is -1.97. The minimum Gasteiger partial charge on any atom is -0.496 e. The summed E-state index contributed by atoms with van der Waals surface area (Å²) in [5, 5.41) is 13.9. The standard InChI is InChI=1S/C18H18N2O4S/c1-19-14-7-4-12(10-15(14)20(22)23)5-8-16(21)13-6-9-18(25-3)17(11-13)24-2/h4-11,19H,1-3H3. The van der Waals surface area contributed by atoms with E-state index in [1.807, 2.05) is 12.3 Å². The van der Waals surface area contributed by atoms with Crippen molar-refractivity contribution in [3.05, 3.63) is 63.7 Å². The van der Waals surface area contributed by atoms with E-state index in [4.69, 9.17) is 4.74 Å². The van der Waals surface area contributed by atoms with Crippen molar-refractivity contribution >= 4 is 35.0 Å². The number of nitro benzene ring substituents is 1. The molecule has 0 spiro atoms. The van der Waals surface area contributed by atoms with Gasteiger partial charge in [0.1, 0.15) is 11.4 Å². The molecule has 2 aromatic carbocycles. The summed E-state index contributed by atoms with van der Waals surface area (Å²) >= 11 is 1.53. The minimum atomic E-state index is -0.461. The first-order chi connectivity index (χ1) is 12.0. The summed E-state index contributed by atoms with van der Waals surface area (Å²) in [6.45, 7) is 0. The van der Waals surface area contributed by atoms with E-state index in [1.54, 1.807) is 44.5 Å². The SMILES string of the molecule is CNc1ccc(C=CC(=O)c2ccc(SC)c(OC)c2)cc1[N+](=O)[O-]. The maximum absolute atomic E-state index is 12.3. The Morgan fingerprint density at radius 2 is 2.04 bits per heavy atom. The maximum atomic E-state index is 12.3. The summed E-state index contributed by atoms with van der Waals surface area (Å²) in [5.74, 6) is 0.437. The van der Waals surface area contributed by atoms with Crippen molar-refractivity contribution in [1.82, 2.24) is 0 Å². The van der Waals surface area contributed by atoms with Crippen LogP contribution in [0.5, 0.6) is 5.75 Å². The van der Waals surface area contributed by atoms with Crippen LogP contribution >= 0.6 is 11.8 Å². The lowest BCUT2D eigenvalue weighted by molar-refractivity contribution is -0.383. The third-order valence-corrected chi connectivity index (χ3v) is 4.36. The van der Waals surface area contributed by atoms with Crippen LogP contribution in [0.3, 0.4) is 0 Å². The Morgan fingerprint density at radius 3 is 2.64 bits per heavy atom. The smallest absolute Gasteiger partial charge is 0.292 e. The highest BCUT2D eigenvalue weighted by molar-refractivity contribution is 7.98. The summed E-state index contributed by atoms with van der Waals surface area (Å²) in [5.41, 5.74) is 1.45. The van der Waals surface area contributed by atoms with Gasteiger partial charge in [-0.05, 0) is 42.2 Å². The van der Waals surface area contributed by atoms with Crippen molar-refractivity contribution in [1.29, 1.82) is 0 Å². The summed E-state index contributed by atoms with van der Waals surface area (Å²) < 4.78 is 5.28. The second kappa shape index (κ2) is 8.34. The van der Waals surface area contributed by atoms with E-state index >= 15 is 0 Å². The third kappa shape index (κ3) is 4.39. The molecule has 0 heterocycles. The van der Waals surface area contributed by atoms with Crippen LogP contribution in [0.4, 0.5) is 11.4 Å². The molecule has 0 fully saturated rings. The van der Waals surface area contributed by atoms with Gasteiger partial charge in [0.25, 0.3) is 5.69 Å². The Kier molecular flexibility index (Phi) is 6.19. The van der Waals surface area contributed by atoms with Crippen LogP contribution < -0.4 is 10.1 Å². The van der Waals surface area contributed by atoms with E-state index < -0.39 is 4.92 Å². The molecule has 0 saturated heterocycles. The van der Waals surface area contributed by atoms with Crippen LogP contribution in [0.25, 0.3) is 6.08 Å². The lowest BCUT2D eigenvalue weighted by atomic mass is 10.1. The quantitative estimate of drug-likeness (QED) is 0.262. The van der Waals surface area contributed by atoms with Crippen LogP contribution in [-0.4, -0.2) is 31.1 Å². The first-order valence-electron chi connectivity index (χ1n) is 7.40. The number of ketones is 1. The zero-order chi connectivity index (χ0) is 18.4. The molecule has 0 atom stereocenters. The predicted octanol–water partition coefficient (Wildman–Crippen LogP) is 4.26. The lowest BCUT2D eigenvalue weighted by Gasteiger charge is -2.07. The number of ether oxygens (including phenoxy) is 1. The fourth-order valence-electron chi connectivity index (χ4n) is 2.27. The van der Waals surface area contributed by atoms with E-state index in [-0.39, 0.29) is 11.5 Å². The van der Waals surface area contributed by atoms with Crippen LogP contribution in [0, 0.1) is 10.1 Å². The van der Waals surface area contributed by atoms with Gasteiger partial charge in [0.05, 0.1) is 12.0 Å². The normalized spacial score (nSPS) is 10.7. The summed E-state index contributed by atoms with van der Waals surface area (Å²) in [7, 11) is 3.18. The predicted molar refractivity (Wildman–Crippen MR) is 101 cm³/mol. The summed E-state index contributed by atoms with van der Waals surface area (Å²) in [6.07, 6.45) is 4.89. The van der Waals surface area contributed by atoms with Gasteiger partial charge in [-0.3, -0.25) is 14.9 Å². The molecule has 25 heavy (non-hydrogen) atoms. The molecule has 0 aromatic heterocycles. The largest absolute Gasteiger partial charge is 0.496 e. The molecule has 0 radical (unpaired) electrons. The molecule has 0 aliphatic heterocycles. The number of hydrogen-bond acceptors (Lipinski definition) is 6. The fraction of sp³-hybridized carbons (Fsp3) is 0.167. The van der Waals surface area contributed by atoms with Gasteiger partial charge in [0, 0.05) is 23.6 Å². The number of rotatable bonds is 7. The maximum Gasteiger partial charge on any atom is 0.292 e. The van der Waals surface area contributed by atoms with Crippen molar-refractivity contribution in [2.24, 2.45) is 0 Å². The van der Waals surface area contributed by atoms with E-state index in [0.29, 0.717) is 22.6 Å². The molecule has 6 nitrogen and oxygen atoms in total. The summed E-state index contributed by atoms with van der Waals surface area (Å²) in [4.78, 5) is 23.9. The monoisotopic (exact) mass is 358 g/mol. The van der Waals surface area contributed by atoms with Gasteiger partial charge < -0.3 is 10.1 Å². The highest BCUT2D eigenvalue weighted by Gasteiger charge is 2.13. The molecule has 1 N–H and O–H groups in total. The number of anilines is 1. The van der Waals surface area contributed by atoms with Crippen molar-refractivity contribution in [3.8, 4) is 5.75 Å². The molecule has 0 unspecified atom stereocenters. The number of carbonyl (C=O) groups excluding carboxylic acids is 1. The average Bonchev–Trinajstić information content (AvgIpc) is 2.65. The number of nitro groups is 1. The number of allylic oxidation sites excluding steroid dienone is 1. The van der Waals surface area contributed by atoms with E-state index in [1.165, 1.54) is 23.9 Å². The van der Waals surface area contributed by atoms with Crippen molar-refractivity contribution in [2.45, 2.75) is 4.90 Å². The molecule has 0 bridgehead atoms. The van der Waals surface area contributed by atoms with Crippen LogP contribution in [-0.2, 0) is 0 Å². The number of carbonyl (C=O) groups is 1. The molecule has 130 valence electrons. The Morgan fingerprint density at radius 1 is 1.28 bits per heavy atom. The third-order valence-electron chi connectivity index (χ3n) is 3.58. The first kappa shape index (κ1) is 18.5. The van der Waals surface area contributed by atoms with Gasteiger partial charge in [-0.25, -0.2) is 0 Å². The molecule has 2 aromatic rings. The topological polar surface area (TPSA) is 81.5 Å². The van der Waals surface area contributed by atoms with Gasteiger partial charge in [-0.2, -0.15) is 0 Å². The number of nitrogens with one attached hydrogen (secondary N) is 1. The average molecular weight is 358 g/mol. The van der Waals surface area contributed by atoms with Crippen LogP contribution in [0.1, 0.15) is 15.9 Å². The van der Waals surface area contributed by atoms with Gasteiger partial charge in [0.2, 0.25) is 0 Å². The van der Waals surface area contributed by atoms with Crippen molar-refractivity contribution in [2.75, 3.05) is 25.7 Å². The molecule has 0 saturated carbocycles. The number of hydrogen-bond donors (Lipinski definition) is 1. The molecule has 0 amide bonds. The van der Waals surface area contributed by atoms with Gasteiger partial charge in [-0.1, -0.05) is 12.1 Å². The number of methoxy groups -OCH3 is 1. The number of benzene rings is 2. The van der Waals surface area contributed by atoms with Gasteiger partial charge >= 0.3 is 0 Å². The molecular formula is C18H18N2O4S. The van der Waals surface area contributed by atoms with Crippen molar-refractivity contribution < 1.29 is 14.5 Å². The number of thioether (sulfide) groups is 1. The highest BCUT2D eigenvalue weighted by Crippen LogP contribution is 2.29. The Balaban J connectivity index is 2.26. The van der Waals surface area contributed by atoms with Gasteiger partial charge in [-0.15, -0.1) is 11.8 Å². The minimum absolute atomic E-state index is 0.0388.